The number of amides is 17. The molecule has 14 atom stereocenters. The molecule has 38 nitrogen and oxygen atoms in total. The lowest BCUT2D eigenvalue weighted by Crippen LogP contribution is -2.62. The zero-order chi connectivity index (χ0) is 91.6. The Morgan fingerprint density at radius 3 is 1.76 bits per heavy atom. The molecule has 3 aromatic carbocycles. The Morgan fingerprint density at radius 1 is 0.576 bits per heavy atom. The summed E-state index contributed by atoms with van der Waals surface area (Å²) in [5.41, 5.74) is 19.5. The number of aromatic hydroxyl groups is 1. The van der Waals surface area contributed by atoms with Crippen molar-refractivity contribution in [1.82, 2.24) is 82.7 Å². The maximum Gasteiger partial charge on any atom is 0.246 e. The summed E-state index contributed by atoms with van der Waals surface area (Å²) in [6.45, 7) is 5.65. The Morgan fingerprint density at radius 2 is 1.14 bits per heavy atom. The number of phenolic OH excluding ortho intramolecular Hbond substituents is 1. The number of aromatic amines is 1. The molecule has 3 aliphatic heterocycles. The third-order valence-electron chi connectivity index (χ3n) is 22.3. The van der Waals surface area contributed by atoms with Gasteiger partial charge in [-0.05, 0) is 128 Å². The standard InChI is InChI=1S/C84H117N19O19S3/c1-10-11-21-63-77(115)90-46(4)71(109)98-62(73(111)89-40-69(87)107)43-124-44-70(108)91-57(34-48-25-27-51(105)28-26-48)80(118)99(6)47(5)72(110)93-59(37-68(86)106)83(121)103-31-17-23-65(103)79(117)96-60(38-85)75(113)94-56(33-45(2)3)82(120)102-30-16-22-64(102)78(116)92-55(35-49-39-88-54-20-14-12-18-52(49)54)74(112)97-61(41-104)76(114)95-58(36-50-42-125-67-24-15-13-19-53(50)67)81(119)101(8)66(29-32-123-9)84(122)100(63)7/h12-15,18-20,24-28,39,42,45-47,55-66,88,104-105H,10-11,16-17,21-23,29-38,40-41,43-44,85H2,1-9H3,(H2,86,106)(H2,87,107)(H,89,111)(H,90,115)(H,91,108)(H,92,116)(H,93,110)(H,94,113)(H,95,114)(H,96,117)(H,97,112)(H,98,109)/t46-,47-,55-,56-,57-,58-,59-,60-,61-,62?,63-,64-,65-,66-/m0/s1. The molecule has 41 heteroatoms. The molecule has 5 heterocycles. The summed E-state index contributed by atoms with van der Waals surface area (Å²) in [4.78, 5) is 254. The number of phenols is 1. The highest BCUT2D eigenvalue weighted by molar-refractivity contribution is 8.00. The molecule has 0 saturated carbocycles. The molecule has 680 valence electrons. The smallest absolute Gasteiger partial charge is 0.246 e. The zero-order valence-electron chi connectivity index (χ0n) is 71.6. The van der Waals surface area contributed by atoms with E-state index in [4.69, 9.17) is 17.2 Å². The quantitative estimate of drug-likeness (QED) is 0.0383. The van der Waals surface area contributed by atoms with Crippen molar-refractivity contribution in [2.75, 3.05) is 77.4 Å². The van der Waals surface area contributed by atoms with Crippen molar-refractivity contribution in [2.24, 2.45) is 23.1 Å². The average molecular weight is 1790 g/mol. The largest absolute Gasteiger partial charge is 0.508 e. The highest BCUT2D eigenvalue weighted by atomic mass is 32.2. The number of carbonyl (C=O) groups excluding carboxylic acids is 17. The highest BCUT2D eigenvalue weighted by Gasteiger charge is 2.45. The zero-order valence-corrected chi connectivity index (χ0v) is 74.1. The van der Waals surface area contributed by atoms with Gasteiger partial charge in [0.1, 0.15) is 90.3 Å². The third kappa shape index (κ3) is 27.0. The van der Waals surface area contributed by atoms with Crippen LogP contribution in [0.4, 0.5) is 0 Å². The fourth-order valence-electron chi connectivity index (χ4n) is 15.2. The lowest BCUT2D eigenvalue weighted by molar-refractivity contribution is -0.149. The first-order valence-electron chi connectivity index (χ1n) is 41.6. The summed E-state index contributed by atoms with van der Waals surface area (Å²) in [7, 11) is 3.96. The van der Waals surface area contributed by atoms with Crippen LogP contribution in [0.3, 0.4) is 0 Å². The highest BCUT2D eigenvalue weighted by Crippen LogP contribution is 2.30. The minimum Gasteiger partial charge on any atom is -0.508 e. The number of aliphatic hydroxyl groups is 1. The Hall–Kier alpha value is -11.4. The molecule has 3 fully saturated rings. The van der Waals surface area contributed by atoms with Gasteiger partial charge in [-0.15, -0.1) is 23.1 Å². The normalized spacial score (nSPS) is 25.3. The van der Waals surface area contributed by atoms with Crippen LogP contribution < -0.4 is 70.4 Å². The van der Waals surface area contributed by atoms with E-state index in [1.807, 2.05) is 25.1 Å². The van der Waals surface area contributed by atoms with Crippen LogP contribution in [0.5, 0.6) is 5.75 Å². The van der Waals surface area contributed by atoms with Gasteiger partial charge in [-0.1, -0.05) is 82.1 Å². The van der Waals surface area contributed by atoms with Gasteiger partial charge in [0, 0.05) is 87.6 Å². The number of hydrogen-bond donors (Lipinski definition) is 16. The van der Waals surface area contributed by atoms with Gasteiger partial charge in [0.2, 0.25) is 100 Å². The molecule has 1 unspecified atom stereocenters. The molecule has 17 amide bonds. The second kappa shape index (κ2) is 47.1. The predicted molar refractivity (Wildman–Crippen MR) is 469 cm³/mol. The molecule has 0 bridgehead atoms. The number of nitrogens with two attached hydrogens (primary N) is 3. The van der Waals surface area contributed by atoms with Crippen LogP contribution in [0, 0.1) is 5.92 Å². The van der Waals surface area contributed by atoms with E-state index in [1.54, 1.807) is 62.0 Å². The minimum absolute atomic E-state index is 0.00331. The predicted octanol–water partition coefficient (Wildman–Crippen LogP) is -1.85. The number of aromatic nitrogens is 1. The van der Waals surface area contributed by atoms with Gasteiger partial charge in [0.25, 0.3) is 0 Å². The van der Waals surface area contributed by atoms with Crippen LogP contribution in [0.15, 0.2) is 84.4 Å². The van der Waals surface area contributed by atoms with Gasteiger partial charge in [0.05, 0.1) is 25.3 Å². The van der Waals surface area contributed by atoms with Gasteiger partial charge in [-0.25, -0.2) is 0 Å². The van der Waals surface area contributed by atoms with Crippen LogP contribution in [0.1, 0.15) is 116 Å². The number of likely N-dealkylation sites (N-methyl/N-ethyl adjacent to an activating group) is 3. The number of benzene rings is 3. The lowest BCUT2D eigenvalue weighted by atomic mass is 10.0. The summed E-state index contributed by atoms with van der Waals surface area (Å²) in [6, 6.07) is -0.645. The van der Waals surface area contributed by atoms with Gasteiger partial charge in [-0.2, -0.15) is 11.8 Å². The van der Waals surface area contributed by atoms with Gasteiger partial charge in [-0.3, -0.25) is 81.5 Å². The molecule has 19 N–H and O–H groups in total. The Labute approximate surface area is 736 Å². The van der Waals surface area contributed by atoms with E-state index < -0.39 is 217 Å². The van der Waals surface area contributed by atoms with E-state index in [9.17, 15) is 63.0 Å². The Bertz CT molecular complexity index is 4720. The first kappa shape index (κ1) is 99.0. The summed E-state index contributed by atoms with van der Waals surface area (Å²) in [6.07, 6.45) is 3.51. The van der Waals surface area contributed by atoms with E-state index >= 15 is 28.8 Å². The fraction of sp³-hybridized carbons (Fsp3) is 0.536. The van der Waals surface area contributed by atoms with Crippen molar-refractivity contribution >= 4 is 156 Å². The molecule has 3 aliphatic rings. The van der Waals surface area contributed by atoms with Crippen molar-refractivity contribution < 1.29 is 91.7 Å². The van der Waals surface area contributed by atoms with Crippen LogP contribution in [0.2, 0.25) is 0 Å². The number of fused-ring (bicyclic) bond motifs is 4. The Balaban J connectivity index is 1.15. The number of para-hydroxylation sites is 1. The fourth-order valence-corrected chi connectivity index (χ4v) is 17.5. The second-order valence-corrected chi connectivity index (χ2v) is 34.9. The summed E-state index contributed by atoms with van der Waals surface area (Å²) >= 11 is 3.51. The van der Waals surface area contributed by atoms with Gasteiger partial charge < -0.3 is 110 Å². The number of thiophene rings is 1. The van der Waals surface area contributed by atoms with E-state index in [2.05, 4.69) is 58.2 Å². The molecule has 5 aromatic rings. The summed E-state index contributed by atoms with van der Waals surface area (Å²) < 4.78 is 0.836. The monoisotopic (exact) mass is 1790 g/mol. The molecule has 2 aromatic heterocycles. The number of unbranched alkanes of at least 4 members (excludes halogenated alkanes) is 1. The number of H-pyrrole nitrogens is 1. The van der Waals surface area contributed by atoms with Crippen molar-refractivity contribution in [1.29, 1.82) is 0 Å². The lowest BCUT2D eigenvalue weighted by Gasteiger charge is -2.36. The number of aliphatic hydroxyl groups excluding tert-OH is 1. The molecule has 8 rings (SSSR count). The first-order chi connectivity index (χ1) is 59.5. The number of thioether (sulfide) groups is 2. The number of nitrogens with zero attached hydrogens (tertiary/aromatic N) is 5. The van der Waals surface area contributed by atoms with Gasteiger partial charge in [0.15, 0.2) is 0 Å². The van der Waals surface area contributed by atoms with E-state index in [1.165, 1.54) is 87.3 Å². The van der Waals surface area contributed by atoms with E-state index in [-0.39, 0.29) is 94.7 Å². The maximum atomic E-state index is 15.6. The molecule has 0 radical (unpaired) electrons. The van der Waals surface area contributed by atoms with Gasteiger partial charge >= 0.3 is 0 Å². The third-order valence-corrected chi connectivity index (χ3v) is 25.0. The van der Waals surface area contributed by atoms with Crippen LogP contribution in [-0.2, 0) is 101 Å². The number of carbonyl (C=O) groups is 17. The molecule has 3 saturated heterocycles. The number of primary amides is 2. The summed E-state index contributed by atoms with van der Waals surface area (Å²) in [5.74, 6) is -16.2. The molecule has 0 aliphatic carbocycles. The molecular weight excluding hydrogens is 1680 g/mol. The number of hydrogen-bond acceptors (Lipinski definition) is 23. The maximum absolute atomic E-state index is 15.6. The topological polar surface area (TPSA) is 561 Å². The van der Waals surface area contributed by atoms with Crippen LogP contribution >= 0.6 is 34.9 Å². The first-order valence-corrected chi connectivity index (χ1v) is 45.1. The van der Waals surface area contributed by atoms with Crippen molar-refractivity contribution in [3.63, 3.8) is 0 Å². The van der Waals surface area contributed by atoms with E-state index in [0.717, 1.165) is 41.4 Å². The van der Waals surface area contributed by atoms with Crippen molar-refractivity contribution in [2.45, 2.75) is 203 Å². The van der Waals surface area contributed by atoms with Crippen LogP contribution in [-0.4, -0.2) is 302 Å². The molecule has 125 heavy (non-hydrogen) atoms. The van der Waals surface area contributed by atoms with Crippen LogP contribution in [0.25, 0.3) is 21.0 Å². The SMILES string of the molecule is CCCC[C@H]1C(=O)N[C@@H](C)C(=O)NC(C(=O)NCC(N)=O)CSCC(=O)N[C@@H](Cc2ccc(O)cc2)C(=O)N(C)[C@@H](C)C(=O)N[C@@H](CC(N)=O)C(=O)N2CCC[C@H]2C(=O)N[C@@H](CN)C(=O)N[C@@H](CC(C)C)C(=O)N2CCC[C@H]2C(=O)N[C@@H](Cc2c[nH]c3ccccc23)C(=O)N[C@@H](CO)C(=O)N[C@@H](Cc2csc3ccccc23)C(=O)N(C)[C@@H](CCSC)C(=O)N1C. The second-order valence-electron chi connectivity index (χ2n) is 31.9. The van der Waals surface area contributed by atoms with E-state index in [0.29, 0.717) is 46.2 Å². The van der Waals surface area contributed by atoms with Crippen molar-refractivity contribution in [3.8, 4) is 5.75 Å². The molecule has 0 spiro atoms. The molecular formula is C84H117N19O19S3. The number of nitrogens with one attached hydrogen (secondary N) is 11. The summed E-state index contributed by atoms with van der Waals surface area (Å²) in [5, 5.41) is 50.7. The average Bonchev–Trinajstić information content (AvgIpc) is 1.75. The van der Waals surface area contributed by atoms with Crippen molar-refractivity contribution in [3.05, 3.63) is 101 Å². The Kier molecular flexibility index (Phi) is 37.3. The minimum atomic E-state index is -1.82. The number of rotatable bonds is 21.